The van der Waals surface area contributed by atoms with Crippen LogP contribution in [0.3, 0.4) is 0 Å². The number of benzene rings is 5. The van der Waals surface area contributed by atoms with E-state index in [1.165, 1.54) is 93.6 Å². The zero-order valence-electron chi connectivity index (χ0n) is 32.1. The third-order valence-electron chi connectivity index (χ3n) is 13.6. The maximum absolute atomic E-state index is 3.72. The predicted octanol–water partition coefficient (Wildman–Crippen LogP) is 14.2. The first-order valence-corrected chi connectivity index (χ1v) is 21.0. The third kappa shape index (κ3) is 5.53. The number of anilines is 3. The molecule has 5 aromatic carbocycles. The molecule has 1 saturated carbocycles. The fourth-order valence-corrected chi connectivity index (χ4v) is 10.9. The van der Waals surface area contributed by atoms with Crippen molar-refractivity contribution in [3.05, 3.63) is 197 Å². The summed E-state index contributed by atoms with van der Waals surface area (Å²) in [5.74, 6) is 0. The van der Waals surface area contributed by atoms with Gasteiger partial charge in [0.25, 0.3) is 0 Å². The lowest BCUT2D eigenvalue weighted by Gasteiger charge is -2.38. The Balaban J connectivity index is 0.875. The summed E-state index contributed by atoms with van der Waals surface area (Å²) in [4.78, 5) is 2.63. The van der Waals surface area contributed by atoms with Crippen molar-refractivity contribution in [2.45, 2.75) is 75.7 Å². The molecule has 1 aliphatic heterocycles. The van der Waals surface area contributed by atoms with Gasteiger partial charge < -0.3 is 10.2 Å². The quantitative estimate of drug-likeness (QED) is 0.188. The van der Waals surface area contributed by atoms with E-state index in [2.05, 4.69) is 168 Å². The zero-order chi connectivity index (χ0) is 37.1. The molecule has 1 spiro atoms. The van der Waals surface area contributed by atoms with Gasteiger partial charge in [0.1, 0.15) is 0 Å². The van der Waals surface area contributed by atoms with E-state index in [1.807, 2.05) is 0 Å². The highest BCUT2D eigenvalue weighted by atomic mass is 15.2. The van der Waals surface area contributed by atoms with E-state index in [4.69, 9.17) is 0 Å². The van der Waals surface area contributed by atoms with E-state index in [-0.39, 0.29) is 5.41 Å². The Morgan fingerprint density at radius 1 is 0.589 bits per heavy atom. The molecule has 0 aromatic heterocycles. The average molecular weight is 725 g/mol. The van der Waals surface area contributed by atoms with Crippen LogP contribution in [0.1, 0.15) is 92.0 Å². The van der Waals surface area contributed by atoms with Gasteiger partial charge in [0, 0.05) is 39.3 Å². The van der Waals surface area contributed by atoms with Crippen molar-refractivity contribution in [3.63, 3.8) is 0 Å². The summed E-state index contributed by atoms with van der Waals surface area (Å²) in [6.07, 6.45) is 26.3. The Labute approximate surface area is 332 Å². The Morgan fingerprint density at radius 3 is 2.20 bits per heavy atom. The van der Waals surface area contributed by atoms with Gasteiger partial charge in [0.05, 0.1) is 6.04 Å². The van der Waals surface area contributed by atoms with Gasteiger partial charge in [0.15, 0.2) is 0 Å². The van der Waals surface area contributed by atoms with Gasteiger partial charge in [0.2, 0.25) is 0 Å². The van der Waals surface area contributed by atoms with Gasteiger partial charge >= 0.3 is 0 Å². The van der Waals surface area contributed by atoms with E-state index in [0.29, 0.717) is 6.04 Å². The molecule has 56 heavy (non-hydrogen) atoms. The number of hydrogen-bond acceptors (Lipinski definition) is 2. The fourth-order valence-electron chi connectivity index (χ4n) is 10.9. The summed E-state index contributed by atoms with van der Waals surface area (Å²) in [6, 6.07) is 45.4. The topological polar surface area (TPSA) is 15.3 Å². The molecule has 0 radical (unpaired) electrons. The second kappa shape index (κ2) is 13.7. The van der Waals surface area contributed by atoms with Crippen molar-refractivity contribution in [2.75, 3.05) is 10.2 Å². The molecule has 274 valence electrons. The first-order chi connectivity index (χ1) is 27.7. The highest BCUT2D eigenvalue weighted by Crippen LogP contribution is 2.58. The van der Waals surface area contributed by atoms with E-state index in [0.717, 1.165) is 43.5 Å². The van der Waals surface area contributed by atoms with Crippen LogP contribution >= 0.6 is 0 Å². The number of para-hydroxylation sites is 2. The molecule has 0 amide bonds. The molecular weight excluding hydrogens is 677 g/mol. The number of nitrogens with zero attached hydrogens (tertiary/aromatic N) is 1. The molecule has 1 fully saturated rings. The van der Waals surface area contributed by atoms with E-state index in [1.54, 1.807) is 16.7 Å². The molecule has 11 rings (SSSR count). The molecule has 1 N–H and O–H groups in total. The van der Waals surface area contributed by atoms with E-state index in [9.17, 15) is 0 Å². The SMILES string of the molecule is C1=CC[C@@H]2C(=C1)c1ccccc1N2C1=CC=C(c2ccc3c(c2)C2(CCCCC2)C2=C3CCC(c3ccc(Nc4ccccc4-c4ccccc4)cc3)=C2)CC1. The van der Waals surface area contributed by atoms with Gasteiger partial charge in [-0.15, -0.1) is 0 Å². The molecule has 0 bridgehead atoms. The Hall–Kier alpha value is -5.86. The fraction of sp³-hybridized carbons (Fsp3) is 0.222. The second-order valence-electron chi connectivity index (χ2n) is 16.6. The van der Waals surface area contributed by atoms with E-state index >= 15 is 0 Å². The lowest BCUT2D eigenvalue weighted by atomic mass is 9.65. The minimum atomic E-state index is 0.139. The number of fused-ring (bicyclic) bond motifs is 7. The van der Waals surface area contributed by atoms with Gasteiger partial charge in [-0.3, -0.25) is 0 Å². The molecular formula is C54H48N2. The van der Waals surface area contributed by atoms with Crippen molar-refractivity contribution in [1.82, 2.24) is 0 Å². The summed E-state index contributed by atoms with van der Waals surface area (Å²) in [5, 5.41) is 3.72. The van der Waals surface area contributed by atoms with Crippen LogP contribution in [0, 0.1) is 0 Å². The monoisotopic (exact) mass is 724 g/mol. The molecule has 1 atom stereocenters. The van der Waals surface area contributed by atoms with E-state index < -0.39 is 0 Å². The van der Waals surface area contributed by atoms with Gasteiger partial charge in [-0.2, -0.15) is 0 Å². The Kier molecular flexibility index (Phi) is 8.20. The van der Waals surface area contributed by atoms with Crippen LogP contribution in [-0.2, 0) is 5.41 Å². The summed E-state index contributed by atoms with van der Waals surface area (Å²) < 4.78 is 0. The number of allylic oxidation sites excluding steroid dienone is 10. The Bertz CT molecular complexity index is 2550. The van der Waals surface area contributed by atoms with Crippen LogP contribution in [0.5, 0.6) is 0 Å². The molecule has 5 aromatic rings. The first kappa shape index (κ1) is 33.5. The molecule has 6 aliphatic rings. The summed E-state index contributed by atoms with van der Waals surface area (Å²) >= 11 is 0. The van der Waals surface area contributed by atoms with Crippen LogP contribution in [0.15, 0.2) is 169 Å². The third-order valence-corrected chi connectivity index (χ3v) is 13.6. The van der Waals surface area contributed by atoms with Crippen molar-refractivity contribution >= 4 is 39.4 Å². The van der Waals surface area contributed by atoms with Crippen molar-refractivity contribution in [1.29, 1.82) is 0 Å². The predicted molar refractivity (Wildman–Crippen MR) is 237 cm³/mol. The van der Waals surface area contributed by atoms with Gasteiger partial charge in [-0.05, 0) is 137 Å². The largest absolute Gasteiger partial charge is 0.355 e. The minimum absolute atomic E-state index is 0.139. The standard InChI is InChI=1S/C54H48N2/c1-3-13-39(14-4-1)44-15-5-8-18-51(44)55-42-27-21-37(22-28-42)40-25-31-45-46-32-26-41(36-50(46)54(49(45)35-40)33-11-2-12-34-54)38-23-29-43(30-24-38)56-52-19-9-6-16-47(52)48-17-7-10-20-53(48)56/h1,3-10,13-19,21-23,26-29,32,35-36,53,55H,2,11-12,20,24-25,30-31,33-34H2/t53-/m1/s1. The maximum Gasteiger partial charge on any atom is 0.0629 e. The van der Waals surface area contributed by atoms with Crippen molar-refractivity contribution in [3.8, 4) is 11.1 Å². The minimum Gasteiger partial charge on any atom is -0.355 e. The average Bonchev–Trinajstić information content (AvgIpc) is 3.74. The number of rotatable bonds is 6. The zero-order valence-corrected chi connectivity index (χ0v) is 32.1. The second-order valence-corrected chi connectivity index (χ2v) is 16.6. The van der Waals surface area contributed by atoms with Crippen LogP contribution in [0.4, 0.5) is 17.1 Å². The van der Waals surface area contributed by atoms with Crippen LogP contribution < -0.4 is 10.2 Å². The maximum atomic E-state index is 3.72. The molecule has 1 heterocycles. The van der Waals surface area contributed by atoms with Crippen LogP contribution in [-0.4, -0.2) is 6.04 Å². The Morgan fingerprint density at radius 2 is 1.36 bits per heavy atom. The molecule has 2 nitrogen and oxygen atoms in total. The van der Waals surface area contributed by atoms with Crippen molar-refractivity contribution in [2.24, 2.45) is 0 Å². The first-order valence-electron chi connectivity index (χ1n) is 21.0. The smallest absolute Gasteiger partial charge is 0.0629 e. The summed E-state index contributed by atoms with van der Waals surface area (Å²) in [6.45, 7) is 0. The number of hydrogen-bond donors (Lipinski definition) is 1. The summed E-state index contributed by atoms with van der Waals surface area (Å²) in [7, 11) is 0. The van der Waals surface area contributed by atoms with Crippen molar-refractivity contribution < 1.29 is 0 Å². The molecule has 2 heteroatoms. The van der Waals surface area contributed by atoms with Gasteiger partial charge in [-0.1, -0.05) is 141 Å². The lowest BCUT2D eigenvalue weighted by Crippen LogP contribution is -2.31. The normalized spacial score (nSPS) is 20.4. The lowest BCUT2D eigenvalue weighted by molar-refractivity contribution is 0.350. The molecule has 5 aliphatic carbocycles. The van der Waals surface area contributed by atoms with Crippen LogP contribution in [0.25, 0.3) is 33.4 Å². The van der Waals surface area contributed by atoms with Crippen LogP contribution in [0.2, 0.25) is 0 Å². The molecule has 0 unspecified atom stereocenters. The summed E-state index contributed by atoms with van der Waals surface area (Å²) in [5.41, 5.74) is 22.7. The highest BCUT2D eigenvalue weighted by Gasteiger charge is 2.46. The number of nitrogens with one attached hydrogen (secondary N) is 1. The molecule has 0 saturated heterocycles. The highest BCUT2D eigenvalue weighted by molar-refractivity contribution is 5.92. The van der Waals surface area contributed by atoms with Gasteiger partial charge in [-0.25, -0.2) is 0 Å².